The van der Waals surface area contributed by atoms with Gasteiger partial charge in [0.2, 0.25) is 0 Å². The molecular formula is C48H48Cl2O2SiZr-2. The van der Waals surface area contributed by atoms with Crippen molar-refractivity contribution >= 4 is 44.0 Å². The first-order chi connectivity index (χ1) is 25.7. The van der Waals surface area contributed by atoms with E-state index in [-0.39, 0.29) is 5.43 Å². The standard InChI is InChI=1S/2C23H21O.C2H6Si.2ClH.Zr/c2*1-14-6-5-7-18(10-14)23-17(4)15(2)11-19-12-20(13-21(19)23)22-9-8-16(3)24-22;1-3-2;;;/h2*5-13H,1-4H3;1-2H3;2*1H;/q2*-1;;;;+2/p-2. The summed E-state index contributed by atoms with van der Waals surface area (Å²) in [5.74, 6) is 3.77. The Kier molecular flexibility index (Phi) is 12.6. The van der Waals surface area contributed by atoms with Crippen LogP contribution in [0.4, 0.5) is 0 Å². The molecule has 0 aliphatic carbocycles. The molecule has 0 N–H and O–H groups in total. The van der Waals surface area contributed by atoms with Crippen LogP contribution in [0.25, 0.3) is 66.4 Å². The summed E-state index contributed by atoms with van der Waals surface area (Å²) in [7, 11) is 11.2. The van der Waals surface area contributed by atoms with Crippen molar-refractivity contribution in [3.05, 3.63) is 154 Å². The minimum atomic E-state index is -1.65. The molecule has 0 unspecified atom stereocenters. The number of halogens is 2. The van der Waals surface area contributed by atoms with E-state index in [2.05, 4.69) is 152 Å². The van der Waals surface area contributed by atoms with Gasteiger partial charge >= 0.3 is 53.5 Å². The van der Waals surface area contributed by atoms with Crippen LogP contribution in [0.1, 0.15) is 44.9 Å². The molecule has 0 bridgehead atoms. The SMILES string of the molecule is C[Si](C)=[Zr]([Cl])[Cl].Cc1cccc(-c2c(C)c(C)cc3[cH-]c(-c4ccc(C)o4)cc23)c1.Cc1cccc(-c2c(C)c(C)cc3[cH-]c(-c4ccc(C)o4)cc23)c1. The molecule has 0 fully saturated rings. The van der Waals surface area contributed by atoms with Crippen LogP contribution in [-0.4, -0.2) is 5.43 Å². The van der Waals surface area contributed by atoms with E-state index >= 15 is 0 Å². The molecule has 8 aromatic rings. The van der Waals surface area contributed by atoms with Crippen LogP contribution in [0.5, 0.6) is 0 Å². The number of hydrogen-bond donors (Lipinski definition) is 0. The third-order valence-electron chi connectivity index (χ3n) is 10.1. The molecule has 0 saturated carbocycles. The molecule has 54 heavy (non-hydrogen) atoms. The number of aryl methyl sites for hydroxylation is 6. The van der Waals surface area contributed by atoms with E-state index in [1.165, 1.54) is 77.2 Å². The maximum Gasteiger partial charge on any atom is 0.0896 e. The normalized spacial score (nSPS) is 11.0. The summed E-state index contributed by atoms with van der Waals surface area (Å²) in [5.41, 5.74) is 15.2. The average Bonchev–Trinajstić information content (AvgIpc) is 3.93. The Bertz CT molecular complexity index is 2460. The third kappa shape index (κ3) is 8.90. The van der Waals surface area contributed by atoms with E-state index in [1.54, 1.807) is 0 Å². The molecule has 0 aliphatic rings. The van der Waals surface area contributed by atoms with Crippen LogP contribution in [0.3, 0.4) is 0 Å². The van der Waals surface area contributed by atoms with Gasteiger partial charge in [-0.3, -0.25) is 0 Å². The van der Waals surface area contributed by atoms with Gasteiger partial charge in [-0.2, -0.15) is 0 Å². The smallest absolute Gasteiger partial charge is 0.0896 e. The van der Waals surface area contributed by atoms with Crippen LogP contribution < -0.4 is 0 Å². The Balaban J connectivity index is 0.000000160. The minimum absolute atomic E-state index is 0.224. The fourth-order valence-corrected chi connectivity index (χ4v) is 7.01. The Hall–Kier alpha value is -3.66. The predicted molar refractivity (Wildman–Crippen MR) is 232 cm³/mol. The van der Waals surface area contributed by atoms with Gasteiger partial charge in [0.05, 0.1) is 23.0 Å². The summed E-state index contributed by atoms with van der Waals surface area (Å²) in [4.78, 5) is 0. The molecule has 2 heterocycles. The molecule has 0 radical (unpaired) electrons. The molecule has 276 valence electrons. The van der Waals surface area contributed by atoms with Crippen LogP contribution in [0.2, 0.25) is 13.1 Å². The molecule has 0 aliphatic heterocycles. The second-order valence-corrected chi connectivity index (χ2v) is 37.7. The number of furan rings is 2. The molecule has 6 aromatic carbocycles. The van der Waals surface area contributed by atoms with Gasteiger partial charge in [0.25, 0.3) is 0 Å². The maximum absolute atomic E-state index is 5.82. The van der Waals surface area contributed by atoms with Gasteiger partial charge in [-0.15, -0.1) is 57.9 Å². The first-order valence-corrected chi connectivity index (χ1v) is 30.9. The van der Waals surface area contributed by atoms with E-state index in [0.717, 1.165) is 34.2 Å². The summed E-state index contributed by atoms with van der Waals surface area (Å²) >= 11 is -1.65. The van der Waals surface area contributed by atoms with Crippen molar-refractivity contribution in [3.8, 4) is 44.9 Å². The Morgan fingerprint density at radius 1 is 0.519 bits per heavy atom. The van der Waals surface area contributed by atoms with Gasteiger partial charge in [0, 0.05) is 0 Å². The number of hydrogen-bond acceptors (Lipinski definition) is 2. The van der Waals surface area contributed by atoms with Crippen LogP contribution in [0.15, 0.2) is 118 Å². The summed E-state index contributed by atoms with van der Waals surface area (Å²) in [6.07, 6.45) is 0. The largest absolute Gasteiger partial charge is 0.496 e. The second-order valence-electron chi connectivity index (χ2n) is 14.7. The van der Waals surface area contributed by atoms with Gasteiger partial charge in [-0.25, -0.2) is 0 Å². The minimum Gasteiger partial charge on any atom is -0.496 e. The summed E-state index contributed by atoms with van der Waals surface area (Å²) in [6, 6.07) is 39.2. The van der Waals surface area contributed by atoms with Crippen molar-refractivity contribution in [1.82, 2.24) is 0 Å². The summed E-state index contributed by atoms with van der Waals surface area (Å²) in [6.45, 7) is 21.4. The van der Waals surface area contributed by atoms with Gasteiger partial charge < -0.3 is 8.83 Å². The van der Waals surface area contributed by atoms with E-state index < -0.39 is 18.0 Å². The fraction of sp³-hybridized carbons (Fsp3) is 0.208. The van der Waals surface area contributed by atoms with Crippen molar-refractivity contribution in [2.45, 2.75) is 68.5 Å². The molecule has 0 spiro atoms. The number of benzene rings is 4. The molecule has 0 amide bonds. The molecule has 6 heteroatoms. The average molecular weight is 847 g/mol. The summed E-state index contributed by atoms with van der Waals surface area (Å²) < 4.78 is 11.6. The second kappa shape index (κ2) is 17.0. The van der Waals surface area contributed by atoms with Crippen molar-refractivity contribution in [3.63, 3.8) is 0 Å². The van der Waals surface area contributed by atoms with E-state index in [9.17, 15) is 0 Å². The van der Waals surface area contributed by atoms with Crippen molar-refractivity contribution in [1.29, 1.82) is 0 Å². The first-order valence-electron chi connectivity index (χ1n) is 18.4. The monoisotopic (exact) mass is 844 g/mol. The summed E-state index contributed by atoms with van der Waals surface area (Å²) in [5, 5.41) is 5.15. The van der Waals surface area contributed by atoms with Crippen molar-refractivity contribution < 1.29 is 26.8 Å². The molecule has 0 saturated heterocycles. The number of rotatable bonds is 4. The number of fused-ring (bicyclic) bond motifs is 2. The first kappa shape index (κ1) is 40.0. The van der Waals surface area contributed by atoms with Crippen LogP contribution >= 0.6 is 17.0 Å². The van der Waals surface area contributed by atoms with Crippen molar-refractivity contribution in [2.75, 3.05) is 0 Å². The Labute approximate surface area is 335 Å². The fourth-order valence-electron chi connectivity index (χ4n) is 7.01. The molecule has 2 aromatic heterocycles. The quantitative estimate of drug-likeness (QED) is 0.130. The predicted octanol–water partition coefficient (Wildman–Crippen LogP) is 15.6. The zero-order chi connectivity index (χ0) is 38.8. The van der Waals surface area contributed by atoms with Gasteiger partial charge in [0.1, 0.15) is 0 Å². The Morgan fingerprint density at radius 2 is 0.907 bits per heavy atom. The van der Waals surface area contributed by atoms with E-state index in [0.29, 0.717) is 0 Å². The van der Waals surface area contributed by atoms with Crippen LogP contribution in [0, 0.1) is 55.4 Å². The van der Waals surface area contributed by atoms with Gasteiger partial charge in [0.15, 0.2) is 0 Å². The zero-order valence-corrected chi connectivity index (χ0v) is 37.9. The maximum atomic E-state index is 5.82. The molecule has 2 nitrogen and oxygen atoms in total. The Morgan fingerprint density at radius 3 is 1.22 bits per heavy atom. The van der Waals surface area contributed by atoms with Crippen molar-refractivity contribution in [2.24, 2.45) is 0 Å². The molecule has 8 rings (SSSR count). The van der Waals surface area contributed by atoms with E-state index in [4.69, 9.17) is 25.9 Å². The molecular weight excluding hydrogens is 799 g/mol. The van der Waals surface area contributed by atoms with Gasteiger partial charge in [-0.1, -0.05) is 93.0 Å². The molecule has 0 atom stereocenters. The van der Waals surface area contributed by atoms with E-state index in [1.807, 2.05) is 26.0 Å². The third-order valence-corrected chi connectivity index (χ3v) is 29.8. The van der Waals surface area contributed by atoms with Gasteiger partial charge in [-0.05, 0) is 102 Å². The van der Waals surface area contributed by atoms with Crippen LogP contribution in [-0.2, 0) is 18.0 Å². The zero-order valence-electron chi connectivity index (χ0n) is 33.0. The topological polar surface area (TPSA) is 26.3 Å².